The maximum Gasteiger partial charge on any atom is 0.253 e. The Labute approximate surface area is 117 Å². The second-order valence-corrected chi connectivity index (χ2v) is 4.98. The smallest absolute Gasteiger partial charge is 0.253 e. The summed E-state index contributed by atoms with van der Waals surface area (Å²) in [6.07, 6.45) is 1.91. The van der Waals surface area contributed by atoms with Crippen molar-refractivity contribution in [2.24, 2.45) is 0 Å². The van der Waals surface area contributed by atoms with Gasteiger partial charge in [0.05, 0.1) is 12.7 Å². The fourth-order valence-electron chi connectivity index (χ4n) is 2.22. The Balaban J connectivity index is 1.87. The number of benzene rings is 1. The molecule has 1 aromatic carbocycles. The Hall–Kier alpha value is -1.26. The minimum atomic E-state index is 0.00999. The average Bonchev–Trinajstić information content (AvgIpc) is 2.46. The van der Waals surface area contributed by atoms with Gasteiger partial charge in [0.25, 0.3) is 5.91 Å². The van der Waals surface area contributed by atoms with Gasteiger partial charge in [-0.1, -0.05) is 0 Å². The molecule has 1 aliphatic heterocycles. The molecule has 1 saturated heterocycles. The normalized spacial score (nSPS) is 16.6. The first-order valence-electron chi connectivity index (χ1n) is 6.46. The van der Waals surface area contributed by atoms with E-state index in [1.54, 1.807) is 12.1 Å². The number of carbonyl (C=O) groups excluding carboxylic acids is 1. The highest BCUT2D eigenvalue weighted by molar-refractivity contribution is 6.17. The molecule has 0 aliphatic carbocycles. The van der Waals surface area contributed by atoms with E-state index in [1.807, 2.05) is 4.90 Å². The number of aromatic hydroxyl groups is 1. The average molecular weight is 284 g/mol. The van der Waals surface area contributed by atoms with Crippen molar-refractivity contribution in [1.29, 1.82) is 0 Å². The van der Waals surface area contributed by atoms with Crippen molar-refractivity contribution in [3.05, 3.63) is 29.8 Å². The molecule has 1 aliphatic rings. The van der Waals surface area contributed by atoms with Crippen molar-refractivity contribution in [2.75, 3.05) is 25.6 Å². The number of likely N-dealkylation sites (tertiary alicyclic amines) is 1. The molecule has 0 unspecified atom stereocenters. The molecule has 0 aromatic heterocycles. The lowest BCUT2D eigenvalue weighted by Crippen LogP contribution is -2.41. The van der Waals surface area contributed by atoms with Crippen LogP contribution in [0.4, 0.5) is 0 Å². The van der Waals surface area contributed by atoms with Gasteiger partial charge in [-0.2, -0.15) is 0 Å². The van der Waals surface area contributed by atoms with Gasteiger partial charge < -0.3 is 14.7 Å². The third kappa shape index (κ3) is 3.85. The Morgan fingerprint density at radius 2 is 1.95 bits per heavy atom. The third-order valence-electron chi connectivity index (χ3n) is 3.27. The summed E-state index contributed by atoms with van der Waals surface area (Å²) in [6.45, 7) is 1.97. The van der Waals surface area contributed by atoms with Gasteiger partial charge in [-0.15, -0.1) is 11.6 Å². The summed E-state index contributed by atoms with van der Waals surface area (Å²) in [5.41, 5.74) is 0.609. The van der Waals surface area contributed by atoms with E-state index in [2.05, 4.69) is 0 Å². The lowest BCUT2D eigenvalue weighted by molar-refractivity contribution is 0.0154. The first-order chi connectivity index (χ1) is 9.20. The number of phenolic OH excluding ortho intramolecular Hbond substituents is 1. The molecule has 19 heavy (non-hydrogen) atoms. The molecule has 0 bridgehead atoms. The van der Waals surface area contributed by atoms with Crippen molar-refractivity contribution in [1.82, 2.24) is 4.90 Å². The highest BCUT2D eigenvalue weighted by Crippen LogP contribution is 2.17. The van der Waals surface area contributed by atoms with Gasteiger partial charge in [0.15, 0.2) is 0 Å². The van der Waals surface area contributed by atoms with Crippen molar-refractivity contribution < 1.29 is 14.6 Å². The summed E-state index contributed by atoms with van der Waals surface area (Å²) in [5, 5.41) is 9.21. The molecule has 104 valence electrons. The number of carbonyl (C=O) groups is 1. The molecule has 0 atom stereocenters. The van der Waals surface area contributed by atoms with Crippen molar-refractivity contribution in [2.45, 2.75) is 18.9 Å². The van der Waals surface area contributed by atoms with Crippen LogP contribution in [0.5, 0.6) is 5.75 Å². The number of hydrogen-bond donors (Lipinski definition) is 1. The molecule has 4 nitrogen and oxygen atoms in total. The van der Waals surface area contributed by atoms with Crippen LogP contribution in [-0.4, -0.2) is 47.6 Å². The number of hydrogen-bond acceptors (Lipinski definition) is 3. The van der Waals surface area contributed by atoms with Gasteiger partial charge in [0.1, 0.15) is 5.75 Å². The highest BCUT2D eigenvalue weighted by atomic mass is 35.5. The van der Waals surface area contributed by atoms with Crippen LogP contribution in [0, 0.1) is 0 Å². The van der Waals surface area contributed by atoms with Crippen molar-refractivity contribution >= 4 is 17.5 Å². The number of rotatable bonds is 4. The van der Waals surface area contributed by atoms with Crippen LogP contribution < -0.4 is 0 Å². The minimum absolute atomic E-state index is 0.00999. The summed E-state index contributed by atoms with van der Waals surface area (Å²) in [6, 6.07) is 6.36. The minimum Gasteiger partial charge on any atom is -0.508 e. The molecule has 0 saturated carbocycles. The molecule has 1 heterocycles. The second kappa shape index (κ2) is 6.78. The topological polar surface area (TPSA) is 49.8 Å². The summed E-state index contributed by atoms with van der Waals surface area (Å²) in [7, 11) is 0. The number of nitrogens with zero attached hydrogens (tertiary/aromatic N) is 1. The van der Waals surface area contributed by atoms with E-state index in [-0.39, 0.29) is 17.8 Å². The molecule has 1 N–H and O–H groups in total. The molecule has 1 fully saturated rings. The lowest BCUT2D eigenvalue weighted by Gasteiger charge is -2.32. The summed E-state index contributed by atoms with van der Waals surface area (Å²) in [5.74, 6) is 0.688. The van der Waals surface area contributed by atoms with E-state index in [0.29, 0.717) is 31.1 Å². The van der Waals surface area contributed by atoms with Crippen LogP contribution in [-0.2, 0) is 4.74 Å². The van der Waals surface area contributed by atoms with Gasteiger partial charge in [-0.3, -0.25) is 4.79 Å². The molecule has 5 heteroatoms. The largest absolute Gasteiger partial charge is 0.508 e. The van der Waals surface area contributed by atoms with Crippen LogP contribution in [0.1, 0.15) is 23.2 Å². The predicted molar refractivity (Wildman–Crippen MR) is 73.7 cm³/mol. The van der Waals surface area contributed by atoms with Gasteiger partial charge in [0, 0.05) is 24.5 Å². The van der Waals surface area contributed by atoms with E-state index in [1.165, 1.54) is 12.1 Å². The fraction of sp³-hybridized carbons (Fsp3) is 0.500. The fourth-order valence-corrected chi connectivity index (χ4v) is 2.31. The van der Waals surface area contributed by atoms with Crippen molar-refractivity contribution in [3.63, 3.8) is 0 Å². The molecular weight excluding hydrogens is 266 g/mol. The first-order valence-corrected chi connectivity index (χ1v) is 7.00. The van der Waals surface area contributed by atoms with Gasteiger partial charge in [-0.25, -0.2) is 0 Å². The zero-order valence-corrected chi connectivity index (χ0v) is 11.5. The van der Waals surface area contributed by atoms with E-state index in [9.17, 15) is 9.90 Å². The Kier molecular flexibility index (Phi) is 5.05. The van der Waals surface area contributed by atoms with E-state index < -0.39 is 0 Å². The number of alkyl halides is 1. The van der Waals surface area contributed by atoms with Crippen LogP contribution in [0.3, 0.4) is 0 Å². The van der Waals surface area contributed by atoms with Crippen LogP contribution in [0.15, 0.2) is 24.3 Å². The maximum atomic E-state index is 12.2. The Bertz CT molecular complexity index is 413. The quantitative estimate of drug-likeness (QED) is 0.862. The molecule has 1 aromatic rings. The number of halogens is 1. The monoisotopic (exact) mass is 283 g/mol. The number of amides is 1. The number of phenols is 1. The molecule has 0 radical (unpaired) electrons. The Morgan fingerprint density at radius 1 is 1.32 bits per heavy atom. The molecular formula is C14H18ClNO3. The van der Waals surface area contributed by atoms with Crippen molar-refractivity contribution in [3.8, 4) is 5.75 Å². The number of piperidine rings is 1. The van der Waals surface area contributed by atoms with Gasteiger partial charge >= 0.3 is 0 Å². The lowest BCUT2D eigenvalue weighted by atomic mass is 10.1. The highest BCUT2D eigenvalue weighted by Gasteiger charge is 2.23. The zero-order chi connectivity index (χ0) is 13.7. The molecule has 2 rings (SSSR count). The van der Waals surface area contributed by atoms with E-state index in [4.69, 9.17) is 16.3 Å². The van der Waals surface area contributed by atoms with Crippen LogP contribution in [0.2, 0.25) is 0 Å². The van der Waals surface area contributed by atoms with E-state index >= 15 is 0 Å². The number of ether oxygens (including phenoxy) is 1. The van der Waals surface area contributed by atoms with Gasteiger partial charge in [-0.05, 0) is 37.1 Å². The second-order valence-electron chi connectivity index (χ2n) is 4.60. The molecule has 1 amide bonds. The van der Waals surface area contributed by atoms with Crippen LogP contribution >= 0.6 is 11.6 Å². The third-order valence-corrected chi connectivity index (χ3v) is 3.43. The first kappa shape index (κ1) is 14.2. The van der Waals surface area contributed by atoms with Gasteiger partial charge in [0.2, 0.25) is 0 Å². The summed E-state index contributed by atoms with van der Waals surface area (Å²) < 4.78 is 5.58. The maximum absolute atomic E-state index is 12.2. The standard InChI is InChI=1S/C14H18ClNO3/c15-7-10-19-13-5-8-16(9-6-13)14(18)11-1-3-12(17)4-2-11/h1-4,13,17H,5-10H2. The zero-order valence-electron chi connectivity index (χ0n) is 10.7. The summed E-state index contributed by atoms with van der Waals surface area (Å²) in [4.78, 5) is 14.0. The predicted octanol–water partition coefficient (Wildman–Crippen LogP) is 2.25. The van der Waals surface area contributed by atoms with Crippen LogP contribution in [0.25, 0.3) is 0 Å². The molecule has 0 spiro atoms. The van der Waals surface area contributed by atoms with E-state index in [0.717, 1.165) is 12.8 Å². The summed E-state index contributed by atoms with van der Waals surface area (Å²) >= 11 is 5.58. The Morgan fingerprint density at radius 3 is 2.53 bits per heavy atom. The SMILES string of the molecule is O=C(c1ccc(O)cc1)N1CCC(OCCCl)CC1.